The smallest absolute Gasteiger partial charge is 0.303 e. The van der Waals surface area contributed by atoms with Gasteiger partial charge in [-0.2, -0.15) is 0 Å². The molecule has 206 valence electrons. The molecule has 1 aromatic heterocycles. The maximum atomic E-state index is 11.3. The first-order chi connectivity index (χ1) is 18.2. The van der Waals surface area contributed by atoms with Crippen LogP contribution in [-0.4, -0.2) is 37.3 Å². The van der Waals surface area contributed by atoms with Crippen LogP contribution < -0.4 is 0 Å². The van der Waals surface area contributed by atoms with E-state index in [0.717, 1.165) is 43.4 Å². The zero-order valence-electron chi connectivity index (χ0n) is 23.3. The topological polar surface area (TPSA) is 88.2 Å². The number of hydrogen-bond acceptors (Lipinski definition) is 4. The van der Waals surface area contributed by atoms with Crippen LogP contribution in [0.1, 0.15) is 91.0 Å². The van der Waals surface area contributed by atoms with E-state index >= 15 is 0 Å². The highest BCUT2D eigenvalue weighted by molar-refractivity contribution is 5.66. The Morgan fingerprint density at radius 3 is 2.55 bits per heavy atom. The highest BCUT2D eigenvalue weighted by atomic mass is 16.4. The molecule has 0 bridgehead atoms. The van der Waals surface area contributed by atoms with Gasteiger partial charge in [0.05, 0.1) is 18.3 Å². The predicted octanol–water partition coefficient (Wildman–Crippen LogP) is 6.62. The molecule has 6 rings (SSSR count). The molecule has 0 saturated heterocycles. The number of hydrogen-bond donors (Lipinski definition) is 2. The standard InChI is InChI=1S/C32H45N3O3/c1-20(9-12-29(37)38)24-10-11-25-30-26(14-16-32(24,25)3)31(2)15-13-23(36)17-22(31)18-28(30)35-19-27(33-34-35)21-7-5-4-6-8-21/h4-8,19-20,22-26,28,30,36H,9-18H2,1-3H3,(H,37,38)/t20?,22-,23+,24+,25-,26-,28-,30-,31-,32+/m0/s1. The molecule has 0 aliphatic heterocycles. The Kier molecular flexibility index (Phi) is 6.69. The van der Waals surface area contributed by atoms with Crippen molar-refractivity contribution in [3.63, 3.8) is 0 Å². The van der Waals surface area contributed by atoms with Crippen LogP contribution in [-0.2, 0) is 4.79 Å². The van der Waals surface area contributed by atoms with E-state index in [2.05, 4.69) is 61.0 Å². The summed E-state index contributed by atoms with van der Waals surface area (Å²) in [5, 5.41) is 29.4. The summed E-state index contributed by atoms with van der Waals surface area (Å²) in [6.07, 6.45) is 12.0. The van der Waals surface area contributed by atoms with Gasteiger partial charge in [-0.1, -0.05) is 56.3 Å². The molecule has 38 heavy (non-hydrogen) atoms. The second kappa shape index (κ2) is 9.76. The summed E-state index contributed by atoms with van der Waals surface area (Å²) in [4.78, 5) is 11.3. The molecule has 0 radical (unpaired) electrons. The second-order valence-electron chi connectivity index (χ2n) is 13.8. The van der Waals surface area contributed by atoms with E-state index in [1.54, 1.807) is 0 Å². The van der Waals surface area contributed by atoms with Crippen LogP contribution in [0.5, 0.6) is 0 Å². The fraction of sp³-hybridized carbons (Fsp3) is 0.719. The summed E-state index contributed by atoms with van der Waals surface area (Å²) in [5.74, 6) is 2.66. The fourth-order valence-corrected chi connectivity index (χ4v) is 10.2. The third kappa shape index (κ3) is 4.22. The van der Waals surface area contributed by atoms with Gasteiger partial charge < -0.3 is 10.2 Å². The second-order valence-corrected chi connectivity index (χ2v) is 13.8. The number of carbonyl (C=O) groups is 1. The van der Waals surface area contributed by atoms with Crippen LogP contribution in [0.4, 0.5) is 0 Å². The van der Waals surface area contributed by atoms with Crippen molar-refractivity contribution < 1.29 is 15.0 Å². The first kappa shape index (κ1) is 26.0. The summed E-state index contributed by atoms with van der Waals surface area (Å²) < 4.78 is 2.20. The molecular formula is C32H45N3O3. The van der Waals surface area contributed by atoms with Crippen molar-refractivity contribution in [2.75, 3.05) is 0 Å². The number of nitrogens with zero attached hydrogens (tertiary/aromatic N) is 3. The molecule has 0 spiro atoms. The third-order valence-electron chi connectivity index (χ3n) is 12.1. The number of aliphatic hydroxyl groups excluding tert-OH is 1. The molecular weight excluding hydrogens is 474 g/mol. The van der Waals surface area contributed by atoms with Crippen molar-refractivity contribution in [1.82, 2.24) is 15.0 Å². The third-order valence-corrected chi connectivity index (χ3v) is 12.1. The van der Waals surface area contributed by atoms with E-state index in [9.17, 15) is 15.0 Å². The molecule has 0 amide bonds. The normalized spacial score (nSPS) is 41.1. The molecule has 10 atom stereocenters. The number of aliphatic hydroxyl groups is 1. The Balaban J connectivity index is 1.35. The average molecular weight is 520 g/mol. The summed E-state index contributed by atoms with van der Waals surface area (Å²) in [6, 6.07) is 10.6. The van der Waals surface area contributed by atoms with Gasteiger partial charge in [-0.3, -0.25) is 4.79 Å². The van der Waals surface area contributed by atoms with Crippen LogP contribution in [0.15, 0.2) is 36.5 Å². The lowest BCUT2D eigenvalue weighted by Gasteiger charge is -2.63. The largest absolute Gasteiger partial charge is 0.481 e. The maximum Gasteiger partial charge on any atom is 0.303 e. The van der Waals surface area contributed by atoms with Gasteiger partial charge in [0.2, 0.25) is 0 Å². The summed E-state index contributed by atoms with van der Waals surface area (Å²) in [7, 11) is 0. The minimum absolute atomic E-state index is 0.180. The van der Waals surface area contributed by atoms with E-state index in [4.69, 9.17) is 5.21 Å². The number of carboxylic acid groups (broad SMARTS) is 1. The summed E-state index contributed by atoms with van der Waals surface area (Å²) in [6.45, 7) is 7.38. The number of carboxylic acids is 1. The first-order valence-corrected chi connectivity index (χ1v) is 15.1. The quantitative estimate of drug-likeness (QED) is 0.448. The molecule has 4 aliphatic carbocycles. The Bertz CT molecular complexity index is 1150. The van der Waals surface area contributed by atoms with E-state index in [0.29, 0.717) is 41.5 Å². The molecule has 4 aliphatic rings. The van der Waals surface area contributed by atoms with Crippen LogP contribution in [0, 0.1) is 46.3 Å². The molecule has 1 heterocycles. The molecule has 6 nitrogen and oxygen atoms in total. The van der Waals surface area contributed by atoms with Crippen molar-refractivity contribution in [2.45, 2.75) is 97.1 Å². The number of rotatable bonds is 6. The van der Waals surface area contributed by atoms with Crippen molar-refractivity contribution in [1.29, 1.82) is 0 Å². The molecule has 2 aromatic rings. The van der Waals surface area contributed by atoms with Gasteiger partial charge in [-0.05, 0) is 104 Å². The molecule has 2 N–H and O–H groups in total. The van der Waals surface area contributed by atoms with Crippen LogP contribution in [0.25, 0.3) is 11.3 Å². The zero-order valence-corrected chi connectivity index (χ0v) is 23.3. The average Bonchev–Trinajstić information content (AvgIpc) is 3.53. The molecule has 6 heteroatoms. The summed E-state index contributed by atoms with van der Waals surface area (Å²) in [5.41, 5.74) is 2.56. The van der Waals surface area contributed by atoms with E-state index < -0.39 is 5.97 Å². The highest BCUT2D eigenvalue weighted by Crippen LogP contribution is 2.70. The zero-order chi connectivity index (χ0) is 26.7. The number of benzene rings is 1. The SMILES string of the molecule is CC(CCC(=O)O)[C@H]1CC[C@H]2[C@@H]3[C@@H](n4cc(-c5ccccc5)nn4)C[C@@H]4C[C@H](O)CC[C@]4(C)[C@H]3CC[C@]12C. The highest BCUT2D eigenvalue weighted by Gasteiger charge is 2.63. The minimum atomic E-state index is -0.675. The van der Waals surface area contributed by atoms with Crippen molar-refractivity contribution in [3.05, 3.63) is 36.5 Å². The Morgan fingerprint density at radius 2 is 1.79 bits per heavy atom. The number of fused-ring (bicyclic) bond motifs is 5. The Labute approximate surface area is 227 Å². The Morgan fingerprint density at radius 1 is 1.05 bits per heavy atom. The lowest BCUT2D eigenvalue weighted by atomic mass is 9.43. The lowest BCUT2D eigenvalue weighted by molar-refractivity contribution is -0.151. The van der Waals surface area contributed by atoms with E-state index in [1.807, 2.05) is 6.07 Å². The van der Waals surface area contributed by atoms with Crippen LogP contribution in [0.3, 0.4) is 0 Å². The van der Waals surface area contributed by atoms with Gasteiger partial charge in [0.15, 0.2) is 0 Å². The van der Waals surface area contributed by atoms with Gasteiger partial charge in [-0.25, -0.2) is 4.68 Å². The van der Waals surface area contributed by atoms with Crippen molar-refractivity contribution in [2.24, 2.45) is 46.3 Å². The van der Waals surface area contributed by atoms with Gasteiger partial charge >= 0.3 is 5.97 Å². The lowest BCUT2D eigenvalue weighted by Crippen LogP contribution is -2.57. The van der Waals surface area contributed by atoms with Gasteiger partial charge in [0.25, 0.3) is 0 Å². The monoisotopic (exact) mass is 519 g/mol. The van der Waals surface area contributed by atoms with Crippen LogP contribution >= 0.6 is 0 Å². The number of aliphatic carboxylic acids is 1. The van der Waals surface area contributed by atoms with Gasteiger partial charge in [0, 0.05) is 12.0 Å². The maximum absolute atomic E-state index is 11.3. The summed E-state index contributed by atoms with van der Waals surface area (Å²) >= 11 is 0. The van der Waals surface area contributed by atoms with Crippen LogP contribution in [0.2, 0.25) is 0 Å². The van der Waals surface area contributed by atoms with E-state index in [1.165, 1.54) is 25.7 Å². The molecule has 1 aromatic carbocycles. The predicted molar refractivity (Wildman–Crippen MR) is 147 cm³/mol. The van der Waals surface area contributed by atoms with Crippen molar-refractivity contribution in [3.8, 4) is 11.3 Å². The Hall–Kier alpha value is -2.21. The van der Waals surface area contributed by atoms with Crippen molar-refractivity contribution >= 4 is 5.97 Å². The molecule has 4 fully saturated rings. The van der Waals surface area contributed by atoms with E-state index in [-0.39, 0.29) is 23.4 Å². The fourth-order valence-electron chi connectivity index (χ4n) is 10.2. The minimum Gasteiger partial charge on any atom is -0.481 e. The van der Waals surface area contributed by atoms with Gasteiger partial charge in [0.1, 0.15) is 5.69 Å². The number of aromatic nitrogens is 3. The first-order valence-electron chi connectivity index (χ1n) is 15.1. The van der Waals surface area contributed by atoms with Gasteiger partial charge in [-0.15, -0.1) is 5.10 Å². The molecule has 1 unspecified atom stereocenters. The molecule has 4 saturated carbocycles.